The van der Waals surface area contributed by atoms with E-state index < -0.39 is 0 Å². The highest BCUT2D eigenvalue weighted by molar-refractivity contribution is 5.13. The number of rotatable bonds is 4. The minimum absolute atomic E-state index is 0.158. The second kappa shape index (κ2) is 5.87. The van der Waals surface area contributed by atoms with Gasteiger partial charge in [0.25, 0.3) is 0 Å². The molecule has 1 aliphatic heterocycles. The van der Waals surface area contributed by atoms with Gasteiger partial charge in [0.05, 0.1) is 12.9 Å². The Morgan fingerprint density at radius 1 is 1.24 bits per heavy atom. The summed E-state index contributed by atoms with van der Waals surface area (Å²) in [7, 11) is 0. The minimum Gasteiger partial charge on any atom is -0.496 e. The van der Waals surface area contributed by atoms with Crippen molar-refractivity contribution in [3.05, 3.63) is 48.2 Å². The van der Waals surface area contributed by atoms with Gasteiger partial charge >= 0.3 is 0 Å². The number of hydrogen-bond acceptors (Lipinski definition) is 2. The van der Waals surface area contributed by atoms with Gasteiger partial charge in [-0.15, -0.1) is 0 Å². The van der Waals surface area contributed by atoms with Crippen LogP contribution in [0.4, 0.5) is 0 Å². The third kappa shape index (κ3) is 3.10. The van der Waals surface area contributed by atoms with E-state index in [0.29, 0.717) is 12.5 Å². The summed E-state index contributed by atoms with van der Waals surface area (Å²) in [5, 5.41) is 0. The Morgan fingerprint density at radius 2 is 2.00 bits per heavy atom. The quantitative estimate of drug-likeness (QED) is 0.790. The molecule has 1 aromatic carbocycles. The van der Waals surface area contributed by atoms with Crippen LogP contribution in [0, 0.1) is 5.92 Å². The van der Waals surface area contributed by atoms with Crippen LogP contribution in [0.2, 0.25) is 0 Å². The van der Waals surface area contributed by atoms with E-state index in [4.69, 9.17) is 9.47 Å². The first-order valence-electron chi connectivity index (χ1n) is 6.29. The van der Waals surface area contributed by atoms with Gasteiger partial charge in [0, 0.05) is 5.92 Å². The Bertz CT molecular complexity index is 358. The summed E-state index contributed by atoms with van der Waals surface area (Å²) in [5.74, 6) is 0.414. The van der Waals surface area contributed by atoms with Gasteiger partial charge in [0.1, 0.15) is 12.2 Å². The molecule has 17 heavy (non-hydrogen) atoms. The molecule has 1 heterocycles. The van der Waals surface area contributed by atoms with E-state index in [9.17, 15) is 0 Å². The lowest BCUT2D eigenvalue weighted by molar-refractivity contribution is -0.0802. The summed E-state index contributed by atoms with van der Waals surface area (Å²) in [5.41, 5.74) is 1.21. The van der Waals surface area contributed by atoms with Gasteiger partial charge in [-0.3, -0.25) is 0 Å². The van der Waals surface area contributed by atoms with E-state index in [1.165, 1.54) is 5.56 Å². The van der Waals surface area contributed by atoms with Crippen molar-refractivity contribution in [2.45, 2.75) is 39.1 Å². The smallest absolute Gasteiger partial charge is 0.124 e. The van der Waals surface area contributed by atoms with E-state index in [1.54, 1.807) is 6.26 Å². The van der Waals surface area contributed by atoms with E-state index in [-0.39, 0.29) is 12.2 Å². The van der Waals surface area contributed by atoms with Crippen LogP contribution in [0.15, 0.2) is 42.7 Å². The average Bonchev–Trinajstić information content (AvgIpc) is 2.38. The fourth-order valence-electron chi connectivity index (χ4n) is 2.15. The SMILES string of the molecule is CCC1OC=CC(C)C1OCc1ccccc1. The van der Waals surface area contributed by atoms with Gasteiger partial charge < -0.3 is 9.47 Å². The van der Waals surface area contributed by atoms with E-state index in [2.05, 4.69) is 32.1 Å². The molecule has 0 saturated carbocycles. The molecule has 0 aromatic heterocycles. The van der Waals surface area contributed by atoms with Gasteiger partial charge in [-0.05, 0) is 18.1 Å². The summed E-state index contributed by atoms with van der Waals surface area (Å²) < 4.78 is 11.6. The maximum absolute atomic E-state index is 6.01. The fourth-order valence-corrected chi connectivity index (χ4v) is 2.15. The Morgan fingerprint density at radius 3 is 2.71 bits per heavy atom. The lowest BCUT2D eigenvalue weighted by atomic mass is 9.96. The Hall–Kier alpha value is -1.28. The Kier molecular flexibility index (Phi) is 4.21. The fraction of sp³-hybridized carbons (Fsp3) is 0.467. The van der Waals surface area contributed by atoms with Gasteiger partial charge in [0.15, 0.2) is 0 Å². The van der Waals surface area contributed by atoms with Crippen LogP contribution in [-0.2, 0) is 16.1 Å². The zero-order valence-corrected chi connectivity index (χ0v) is 10.5. The summed E-state index contributed by atoms with van der Waals surface area (Å²) >= 11 is 0. The third-order valence-electron chi connectivity index (χ3n) is 3.21. The van der Waals surface area contributed by atoms with Crippen molar-refractivity contribution in [3.8, 4) is 0 Å². The Labute approximate surface area is 103 Å². The molecule has 0 aliphatic carbocycles. The van der Waals surface area contributed by atoms with Crippen LogP contribution in [0.1, 0.15) is 25.8 Å². The van der Waals surface area contributed by atoms with Gasteiger partial charge in [-0.1, -0.05) is 44.2 Å². The Balaban J connectivity index is 1.95. The normalized spacial score (nSPS) is 27.8. The first kappa shape index (κ1) is 12.2. The second-order valence-electron chi connectivity index (χ2n) is 4.53. The summed E-state index contributed by atoms with van der Waals surface area (Å²) in [4.78, 5) is 0. The van der Waals surface area contributed by atoms with Crippen molar-refractivity contribution in [1.82, 2.24) is 0 Å². The molecule has 2 rings (SSSR count). The molecular weight excluding hydrogens is 212 g/mol. The maximum atomic E-state index is 6.01. The number of ether oxygens (including phenoxy) is 2. The maximum Gasteiger partial charge on any atom is 0.124 e. The highest BCUT2D eigenvalue weighted by atomic mass is 16.5. The first-order chi connectivity index (χ1) is 8.31. The molecule has 0 amide bonds. The lowest BCUT2D eigenvalue weighted by Crippen LogP contribution is -2.37. The minimum atomic E-state index is 0.158. The molecule has 92 valence electrons. The highest BCUT2D eigenvalue weighted by Gasteiger charge is 2.28. The van der Waals surface area contributed by atoms with E-state index in [0.717, 1.165) is 6.42 Å². The van der Waals surface area contributed by atoms with Crippen LogP contribution in [0.25, 0.3) is 0 Å². The molecule has 3 atom stereocenters. The monoisotopic (exact) mass is 232 g/mol. The van der Waals surface area contributed by atoms with Crippen molar-refractivity contribution >= 4 is 0 Å². The predicted molar refractivity (Wildman–Crippen MR) is 68.5 cm³/mol. The highest BCUT2D eigenvalue weighted by Crippen LogP contribution is 2.24. The zero-order chi connectivity index (χ0) is 12.1. The molecule has 0 fully saturated rings. The summed E-state index contributed by atoms with van der Waals surface area (Å²) in [6.45, 7) is 4.97. The van der Waals surface area contributed by atoms with Gasteiger partial charge in [0.2, 0.25) is 0 Å². The molecular formula is C15H20O2. The summed E-state index contributed by atoms with van der Waals surface area (Å²) in [6.07, 6.45) is 5.20. The second-order valence-corrected chi connectivity index (χ2v) is 4.53. The van der Waals surface area contributed by atoms with Crippen molar-refractivity contribution in [3.63, 3.8) is 0 Å². The molecule has 1 aromatic rings. The van der Waals surface area contributed by atoms with Crippen molar-refractivity contribution < 1.29 is 9.47 Å². The van der Waals surface area contributed by atoms with E-state index in [1.807, 2.05) is 18.2 Å². The lowest BCUT2D eigenvalue weighted by Gasteiger charge is -2.32. The number of hydrogen-bond donors (Lipinski definition) is 0. The molecule has 3 unspecified atom stereocenters. The first-order valence-corrected chi connectivity index (χ1v) is 6.29. The van der Waals surface area contributed by atoms with Crippen molar-refractivity contribution in [2.24, 2.45) is 5.92 Å². The largest absolute Gasteiger partial charge is 0.496 e. The topological polar surface area (TPSA) is 18.5 Å². The van der Waals surface area contributed by atoms with E-state index >= 15 is 0 Å². The molecule has 2 heteroatoms. The average molecular weight is 232 g/mol. The number of benzene rings is 1. The van der Waals surface area contributed by atoms with Gasteiger partial charge in [-0.25, -0.2) is 0 Å². The predicted octanol–water partition coefficient (Wildman–Crippen LogP) is 3.53. The zero-order valence-electron chi connectivity index (χ0n) is 10.5. The van der Waals surface area contributed by atoms with Crippen LogP contribution in [0.5, 0.6) is 0 Å². The van der Waals surface area contributed by atoms with Crippen LogP contribution >= 0.6 is 0 Å². The molecule has 2 nitrogen and oxygen atoms in total. The van der Waals surface area contributed by atoms with Crippen molar-refractivity contribution in [2.75, 3.05) is 0 Å². The standard InChI is InChI=1S/C15H20O2/c1-3-14-15(12(2)9-10-16-14)17-11-13-7-5-4-6-8-13/h4-10,12,14-15H,3,11H2,1-2H3. The van der Waals surface area contributed by atoms with Crippen LogP contribution in [0.3, 0.4) is 0 Å². The third-order valence-corrected chi connectivity index (χ3v) is 3.21. The van der Waals surface area contributed by atoms with Crippen LogP contribution in [-0.4, -0.2) is 12.2 Å². The van der Waals surface area contributed by atoms with Crippen molar-refractivity contribution in [1.29, 1.82) is 0 Å². The molecule has 0 saturated heterocycles. The molecule has 0 spiro atoms. The molecule has 0 radical (unpaired) electrons. The molecule has 1 aliphatic rings. The molecule has 0 N–H and O–H groups in total. The van der Waals surface area contributed by atoms with Crippen LogP contribution < -0.4 is 0 Å². The molecule has 0 bridgehead atoms. The van der Waals surface area contributed by atoms with Gasteiger partial charge in [-0.2, -0.15) is 0 Å². The summed E-state index contributed by atoms with van der Waals surface area (Å²) in [6, 6.07) is 10.3.